The zero-order valence-corrected chi connectivity index (χ0v) is 13.3. The Morgan fingerprint density at radius 2 is 2.00 bits per heavy atom. The molecular weight excluding hydrogens is 298 g/mol. The van der Waals surface area contributed by atoms with Crippen LogP contribution in [0.1, 0.15) is 18.4 Å². The molecule has 1 heterocycles. The molecule has 1 aromatic rings. The van der Waals surface area contributed by atoms with Crippen molar-refractivity contribution in [1.82, 2.24) is 4.90 Å². The van der Waals surface area contributed by atoms with Crippen molar-refractivity contribution in [2.45, 2.75) is 12.8 Å². The molecule has 1 fully saturated rings. The molecule has 1 aromatic carbocycles. The summed E-state index contributed by atoms with van der Waals surface area (Å²) in [5.74, 6) is -0.276. The average Bonchev–Trinajstić information content (AvgIpc) is 2.59. The molecule has 0 saturated carbocycles. The molecule has 2 rings (SSSR count). The number of nitrogens with zero attached hydrogens (tertiary/aromatic N) is 1. The minimum atomic E-state index is -0.841. The fourth-order valence-electron chi connectivity index (χ4n) is 2.61. The molecule has 0 aromatic heterocycles. The van der Waals surface area contributed by atoms with Gasteiger partial charge in [0.25, 0.3) is 0 Å². The Morgan fingerprint density at radius 3 is 2.65 bits per heavy atom. The predicted octanol–water partition coefficient (Wildman–Crippen LogP) is 2.04. The molecule has 1 unspecified atom stereocenters. The van der Waals surface area contributed by atoms with Gasteiger partial charge in [0.05, 0.1) is 20.1 Å². The molecule has 1 saturated heterocycles. The fraction of sp³-hybridized carbons (Fsp3) is 0.412. The highest BCUT2D eigenvalue weighted by Crippen LogP contribution is 2.28. The number of amides is 1. The minimum Gasteiger partial charge on any atom is -0.493 e. The van der Waals surface area contributed by atoms with Crippen molar-refractivity contribution in [3.63, 3.8) is 0 Å². The molecule has 23 heavy (non-hydrogen) atoms. The van der Waals surface area contributed by atoms with Crippen molar-refractivity contribution >= 4 is 18.0 Å². The molecule has 1 N–H and O–H groups in total. The maximum Gasteiger partial charge on any atom is 0.308 e. The Hall–Kier alpha value is -2.50. The number of carboxylic acid groups (broad SMARTS) is 1. The maximum absolute atomic E-state index is 12.2. The SMILES string of the molecule is COc1ccc(C=CC(=O)N2CCCC(C(=O)O)C2)cc1OC. The quantitative estimate of drug-likeness (QED) is 0.841. The Labute approximate surface area is 135 Å². The Bertz CT molecular complexity index is 611. The molecule has 6 nitrogen and oxygen atoms in total. The molecule has 0 bridgehead atoms. The molecular formula is C17H21NO5. The van der Waals surface area contributed by atoms with E-state index in [1.807, 2.05) is 6.07 Å². The van der Waals surface area contributed by atoms with Gasteiger partial charge in [0.15, 0.2) is 11.5 Å². The van der Waals surface area contributed by atoms with Crippen LogP contribution in [-0.4, -0.2) is 49.2 Å². The smallest absolute Gasteiger partial charge is 0.308 e. The monoisotopic (exact) mass is 319 g/mol. The number of carbonyl (C=O) groups excluding carboxylic acids is 1. The van der Waals surface area contributed by atoms with Crippen molar-refractivity contribution in [2.75, 3.05) is 27.3 Å². The molecule has 0 aliphatic carbocycles. The van der Waals surface area contributed by atoms with Gasteiger partial charge in [-0.25, -0.2) is 0 Å². The summed E-state index contributed by atoms with van der Waals surface area (Å²) >= 11 is 0. The first kappa shape index (κ1) is 16.9. The van der Waals surface area contributed by atoms with E-state index in [2.05, 4.69) is 0 Å². The van der Waals surface area contributed by atoms with Crippen LogP contribution in [0.3, 0.4) is 0 Å². The lowest BCUT2D eigenvalue weighted by Crippen LogP contribution is -2.41. The standard InChI is InChI=1S/C17H21NO5/c1-22-14-7-5-12(10-15(14)23-2)6-8-16(19)18-9-3-4-13(11-18)17(20)21/h5-8,10,13H,3-4,9,11H2,1-2H3,(H,20,21). The summed E-state index contributed by atoms with van der Waals surface area (Å²) in [4.78, 5) is 24.8. The molecule has 124 valence electrons. The normalized spacial score (nSPS) is 18.0. The van der Waals surface area contributed by atoms with Crippen LogP contribution in [0.15, 0.2) is 24.3 Å². The number of rotatable bonds is 5. The van der Waals surface area contributed by atoms with E-state index in [-0.39, 0.29) is 12.5 Å². The van der Waals surface area contributed by atoms with Crippen molar-refractivity contribution in [2.24, 2.45) is 5.92 Å². The first-order valence-electron chi connectivity index (χ1n) is 7.47. The summed E-state index contributed by atoms with van der Waals surface area (Å²) in [5, 5.41) is 9.07. The summed E-state index contributed by atoms with van der Waals surface area (Å²) in [5.41, 5.74) is 0.808. The number of carboxylic acids is 1. The van der Waals surface area contributed by atoms with Crippen molar-refractivity contribution in [3.05, 3.63) is 29.8 Å². The van der Waals surface area contributed by atoms with Crippen LogP contribution in [0.5, 0.6) is 11.5 Å². The highest BCUT2D eigenvalue weighted by molar-refractivity contribution is 5.92. The molecule has 1 atom stereocenters. The summed E-state index contributed by atoms with van der Waals surface area (Å²) in [6, 6.07) is 5.37. The van der Waals surface area contributed by atoms with Gasteiger partial charge in [-0.3, -0.25) is 9.59 Å². The number of aliphatic carboxylic acids is 1. The lowest BCUT2D eigenvalue weighted by atomic mass is 9.98. The second-order valence-corrected chi connectivity index (χ2v) is 5.41. The van der Waals surface area contributed by atoms with Gasteiger partial charge in [0.2, 0.25) is 5.91 Å². The van der Waals surface area contributed by atoms with Crippen molar-refractivity contribution < 1.29 is 24.2 Å². The van der Waals surface area contributed by atoms with Gasteiger partial charge >= 0.3 is 5.97 Å². The molecule has 0 spiro atoms. The van der Waals surface area contributed by atoms with E-state index >= 15 is 0 Å². The molecule has 6 heteroatoms. The highest BCUT2D eigenvalue weighted by Gasteiger charge is 2.27. The van der Waals surface area contributed by atoms with E-state index in [4.69, 9.17) is 14.6 Å². The number of carbonyl (C=O) groups is 2. The number of hydrogen-bond donors (Lipinski definition) is 1. The molecule has 0 radical (unpaired) electrons. The summed E-state index contributed by atoms with van der Waals surface area (Å²) in [6.07, 6.45) is 4.49. The van der Waals surface area contributed by atoms with Crippen LogP contribution in [0, 0.1) is 5.92 Å². The predicted molar refractivity (Wildman–Crippen MR) is 85.5 cm³/mol. The van der Waals surface area contributed by atoms with Crippen LogP contribution < -0.4 is 9.47 Å². The van der Waals surface area contributed by atoms with Crippen molar-refractivity contribution in [1.29, 1.82) is 0 Å². The third-order valence-electron chi connectivity index (χ3n) is 3.91. The van der Waals surface area contributed by atoms with E-state index in [1.54, 1.807) is 37.3 Å². The Balaban J connectivity index is 2.04. The largest absolute Gasteiger partial charge is 0.493 e. The lowest BCUT2D eigenvalue weighted by molar-refractivity contribution is -0.144. The van der Waals surface area contributed by atoms with Crippen LogP contribution in [0.25, 0.3) is 6.08 Å². The van der Waals surface area contributed by atoms with E-state index in [0.29, 0.717) is 30.9 Å². The number of piperidine rings is 1. The van der Waals surface area contributed by atoms with E-state index < -0.39 is 11.9 Å². The third-order valence-corrected chi connectivity index (χ3v) is 3.91. The van der Waals surface area contributed by atoms with E-state index in [0.717, 1.165) is 5.56 Å². The number of likely N-dealkylation sites (tertiary alicyclic amines) is 1. The van der Waals surface area contributed by atoms with Gasteiger partial charge < -0.3 is 19.5 Å². The number of benzene rings is 1. The van der Waals surface area contributed by atoms with Gasteiger partial charge in [0.1, 0.15) is 0 Å². The van der Waals surface area contributed by atoms with Gasteiger partial charge in [-0.15, -0.1) is 0 Å². The second-order valence-electron chi connectivity index (χ2n) is 5.41. The van der Waals surface area contributed by atoms with Crippen LogP contribution >= 0.6 is 0 Å². The molecule has 1 amide bonds. The minimum absolute atomic E-state index is 0.175. The molecule has 1 aliphatic rings. The number of methoxy groups -OCH3 is 2. The number of hydrogen-bond acceptors (Lipinski definition) is 4. The van der Waals surface area contributed by atoms with Gasteiger partial charge in [-0.2, -0.15) is 0 Å². The van der Waals surface area contributed by atoms with Crippen molar-refractivity contribution in [3.8, 4) is 11.5 Å². The summed E-state index contributed by atoms with van der Waals surface area (Å²) in [6.45, 7) is 0.864. The van der Waals surface area contributed by atoms with E-state index in [9.17, 15) is 9.59 Å². The zero-order chi connectivity index (χ0) is 16.8. The van der Waals surface area contributed by atoms with Gasteiger partial charge in [0, 0.05) is 19.2 Å². The highest BCUT2D eigenvalue weighted by atomic mass is 16.5. The van der Waals surface area contributed by atoms with E-state index in [1.165, 1.54) is 6.08 Å². The molecule has 1 aliphatic heterocycles. The topological polar surface area (TPSA) is 76.1 Å². The number of ether oxygens (including phenoxy) is 2. The summed E-state index contributed by atoms with van der Waals surface area (Å²) < 4.78 is 10.4. The Morgan fingerprint density at radius 1 is 1.26 bits per heavy atom. The van der Waals surface area contributed by atoms with Gasteiger partial charge in [-0.1, -0.05) is 6.07 Å². The van der Waals surface area contributed by atoms with Gasteiger partial charge in [-0.05, 0) is 36.6 Å². The average molecular weight is 319 g/mol. The fourth-order valence-corrected chi connectivity index (χ4v) is 2.61. The van der Waals surface area contributed by atoms with Crippen LogP contribution in [-0.2, 0) is 9.59 Å². The Kier molecular flexibility index (Phi) is 5.62. The summed E-state index contributed by atoms with van der Waals surface area (Å²) in [7, 11) is 3.11. The third kappa shape index (κ3) is 4.25. The first-order valence-corrected chi connectivity index (χ1v) is 7.47. The lowest BCUT2D eigenvalue weighted by Gasteiger charge is -2.29. The zero-order valence-electron chi connectivity index (χ0n) is 13.3. The first-order chi connectivity index (χ1) is 11.0. The second kappa shape index (κ2) is 7.67. The van der Waals surface area contributed by atoms with Crippen LogP contribution in [0.2, 0.25) is 0 Å². The maximum atomic E-state index is 12.2. The van der Waals surface area contributed by atoms with Crippen LogP contribution in [0.4, 0.5) is 0 Å².